The summed E-state index contributed by atoms with van der Waals surface area (Å²) < 4.78 is 5.29. The molecule has 0 aliphatic carbocycles. The number of para-hydroxylation sites is 1. The second-order valence-corrected chi connectivity index (χ2v) is 5.89. The molecular formula is C18H18N4O2. The number of aromatic amines is 1. The normalized spacial score (nSPS) is 15.0. The average molecular weight is 322 g/mol. The molecule has 1 N–H and O–H groups in total. The number of H-pyrrole nitrogens is 1. The van der Waals surface area contributed by atoms with Crippen molar-refractivity contribution in [2.24, 2.45) is 0 Å². The Morgan fingerprint density at radius 1 is 1.25 bits per heavy atom. The van der Waals surface area contributed by atoms with E-state index in [-0.39, 0.29) is 5.91 Å². The highest BCUT2D eigenvalue weighted by Gasteiger charge is 2.20. The number of fused-ring (bicyclic) bond motifs is 1. The lowest BCUT2D eigenvalue weighted by molar-refractivity contribution is 0.0299. The zero-order valence-electron chi connectivity index (χ0n) is 13.5. The summed E-state index contributed by atoms with van der Waals surface area (Å²) in [6, 6.07) is 6.13. The average Bonchev–Trinajstić information content (AvgIpc) is 3.07. The summed E-state index contributed by atoms with van der Waals surface area (Å²) in [6.07, 6.45) is 5.15. The highest BCUT2D eigenvalue weighted by Crippen LogP contribution is 2.28. The maximum atomic E-state index is 12.6. The molecule has 3 aromatic rings. The number of nitrogens with zero attached hydrogens (tertiary/aromatic N) is 3. The van der Waals surface area contributed by atoms with E-state index < -0.39 is 0 Å². The molecule has 6 heteroatoms. The summed E-state index contributed by atoms with van der Waals surface area (Å²) in [7, 11) is 0. The summed E-state index contributed by atoms with van der Waals surface area (Å²) in [5, 5.41) is 1.08. The molecule has 122 valence electrons. The smallest absolute Gasteiger partial charge is 0.274 e. The molecule has 2 aromatic heterocycles. The van der Waals surface area contributed by atoms with Crippen LogP contribution in [-0.4, -0.2) is 52.1 Å². The first-order valence-electron chi connectivity index (χ1n) is 8.00. The van der Waals surface area contributed by atoms with E-state index in [1.54, 1.807) is 11.1 Å². The van der Waals surface area contributed by atoms with Crippen LogP contribution in [0.4, 0.5) is 0 Å². The van der Waals surface area contributed by atoms with Gasteiger partial charge in [-0.15, -0.1) is 0 Å². The molecule has 4 rings (SSSR count). The van der Waals surface area contributed by atoms with Gasteiger partial charge in [0, 0.05) is 35.8 Å². The Bertz CT molecular complexity index is 897. The standard InChI is InChI=1S/C18H18N4O2/c1-12-3-2-4-13-14(9-20-17(12)13)15-10-19-11-16(21-15)18(23)22-5-7-24-8-6-22/h2-4,9-11,20H,5-8H2,1H3. The summed E-state index contributed by atoms with van der Waals surface area (Å²) in [6.45, 7) is 4.39. The number of ether oxygens (including phenoxy) is 1. The molecule has 1 aliphatic rings. The molecule has 0 radical (unpaired) electrons. The SMILES string of the molecule is Cc1cccc2c(-c3cncc(C(=O)N4CCOCC4)n3)c[nH]c12. The molecule has 6 nitrogen and oxygen atoms in total. The molecule has 24 heavy (non-hydrogen) atoms. The van der Waals surface area contributed by atoms with Gasteiger partial charge in [-0.2, -0.15) is 0 Å². The summed E-state index contributed by atoms with van der Waals surface area (Å²) in [5.74, 6) is -0.0938. The van der Waals surface area contributed by atoms with Gasteiger partial charge in [-0.1, -0.05) is 18.2 Å². The van der Waals surface area contributed by atoms with E-state index in [1.807, 2.05) is 18.3 Å². The highest BCUT2D eigenvalue weighted by molar-refractivity contribution is 5.97. The molecule has 0 unspecified atom stereocenters. The highest BCUT2D eigenvalue weighted by atomic mass is 16.5. The Labute approximate surface area is 139 Å². The molecule has 1 saturated heterocycles. The van der Waals surface area contributed by atoms with Crippen molar-refractivity contribution in [3.8, 4) is 11.3 Å². The first kappa shape index (κ1) is 14.8. The molecular weight excluding hydrogens is 304 g/mol. The van der Waals surface area contributed by atoms with Crippen LogP contribution in [0.3, 0.4) is 0 Å². The third-order valence-electron chi connectivity index (χ3n) is 4.35. The number of aryl methyl sites for hydroxylation is 1. The van der Waals surface area contributed by atoms with E-state index in [0.717, 1.165) is 16.5 Å². The third kappa shape index (κ3) is 2.55. The van der Waals surface area contributed by atoms with E-state index in [0.29, 0.717) is 37.7 Å². The fraction of sp³-hybridized carbons (Fsp3) is 0.278. The lowest BCUT2D eigenvalue weighted by Crippen LogP contribution is -2.41. The minimum atomic E-state index is -0.0938. The molecule has 0 saturated carbocycles. The second kappa shape index (κ2) is 6.05. The molecule has 1 aliphatic heterocycles. The van der Waals surface area contributed by atoms with Crippen LogP contribution in [0.2, 0.25) is 0 Å². The van der Waals surface area contributed by atoms with Crippen molar-refractivity contribution in [2.75, 3.05) is 26.3 Å². The predicted molar refractivity (Wildman–Crippen MR) is 90.8 cm³/mol. The molecule has 0 bridgehead atoms. The van der Waals surface area contributed by atoms with Gasteiger partial charge in [-0.3, -0.25) is 9.78 Å². The van der Waals surface area contributed by atoms with Gasteiger partial charge >= 0.3 is 0 Å². The number of rotatable bonds is 2. The van der Waals surface area contributed by atoms with Crippen molar-refractivity contribution in [3.05, 3.63) is 48.0 Å². The maximum Gasteiger partial charge on any atom is 0.274 e. The van der Waals surface area contributed by atoms with Gasteiger partial charge in [-0.25, -0.2) is 4.98 Å². The monoisotopic (exact) mass is 322 g/mol. The van der Waals surface area contributed by atoms with E-state index in [2.05, 4.69) is 27.9 Å². The Kier molecular flexibility index (Phi) is 3.74. The van der Waals surface area contributed by atoms with E-state index in [1.165, 1.54) is 11.8 Å². The van der Waals surface area contributed by atoms with Crippen LogP contribution in [0.1, 0.15) is 16.1 Å². The van der Waals surface area contributed by atoms with Gasteiger partial charge in [0.25, 0.3) is 5.91 Å². The quantitative estimate of drug-likeness (QED) is 0.786. The summed E-state index contributed by atoms with van der Waals surface area (Å²) >= 11 is 0. The van der Waals surface area contributed by atoms with Crippen molar-refractivity contribution >= 4 is 16.8 Å². The zero-order valence-corrected chi connectivity index (χ0v) is 13.5. The van der Waals surface area contributed by atoms with Gasteiger partial charge in [0.1, 0.15) is 5.69 Å². The Morgan fingerprint density at radius 3 is 2.92 bits per heavy atom. The fourth-order valence-electron chi connectivity index (χ4n) is 3.05. The molecule has 3 heterocycles. The van der Waals surface area contributed by atoms with Crippen LogP contribution in [0.15, 0.2) is 36.8 Å². The number of carbonyl (C=O) groups is 1. The molecule has 1 aromatic carbocycles. The Hall–Kier alpha value is -2.73. The van der Waals surface area contributed by atoms with Gasteiger partial charge < -0.3 is 14.6 Å². The lowest BCUT2D eigenvalue weighted by atomic mass is 10.1. The predicted octanol–water partition coefficient (Wildman–Crippen LogP) is 2.41. The van der Waals surface area contributed by atoms with Gasteiger partial charge in [0.15, 0.2) is 0 Å². The van der Waals surface area contributed by atoms with E-state index in [9.17, 15) is 4.79 Å². The van der Waals surface area contributed by atoms with E-state index >= 15 is 0 Å². The first-order chi connectivity index (χ1) is 11.7. The minimum Gasteiger partial charge on any atom is -0.378 e. The number of hydrogen-bond acceptors (Lipinski definition) is 4. The first-order valence-corrected chi connectivity index (χ1v) is 8.00. The third-order valence-corrected chi connectivity index (χ3v) is 4.35. The van der Waals surface area contributed by atoms with Gasteiger partial charge in [0.2, 0.25) is 0 Å². The fourth-order valence-corrected chi connectivity index (χ4v) is 3.05. The lowest BCUT2D eigenvalue weighted by Gasteiger charge is -2.26. The van der Waals surface area contributed by atoms with Crippen molar-refractivity contribution < 1.29 is 9.53 Å². The molecule has 0 atom stereocenters. The van der Waals surface area contributed by atoms with Crippen LogP contribution in [0.25, 0.3) is 22.2 Å². The van der Waals surface area contributed by atoms with Crippen molar-refractivity contribution in [1.82, 2.24) is 19.9 Å². The minimum absolute atomic E-state index is 0.0938. The van der Waals surface area contributed by atoms with Crippen molar-refractivity contribution in [1.29, 1.82) is 0 Å². The zero-order chi connectivity index (χ0) is 16.5. The maximum absolute atomic E-state index is 12.6. The van der Waals surface area contributed by atoms with Crippen molar-refractivity contribution in [2.45, 2.75) is 6.92 Å². The number of amides is 1. The largest absolute Gasteiger partial charge is 0.378 e. The van der Waals surface area contributed by atoms with Gasteiger partial charge in [-0.05, 0) is 12.5 Å². The number of carbonyl (C=O) groups excluding carboxylic acids is 1. The molecule has 1 amide bonds. The van der Waals surface area contributed by atoms with Gasteiger partial charge in [0.05, 0.1) is 31.3 Å². The van der Waals surface area contributed by atoms with E-state index in [4.69, 9.17) is 4.74 Å². The molecule has 1 fully saturated rings. The number of aromatic nitrogens is 3. The number of morpholine rings is 1. The van der Waals surface area contributed by atoms with Crippen LogP contribution in [0, 0.1) is 6.92 Å². The number of benzene rings is 1. The van der Waals surface area contributed by atoms with Crippen LogP contribution < -0.4 is 0 Å². The van der Waals surface area contributed by atoms with Crippen LogP contribution >= 0.6 is 0 Å². The summed E-state index contributed by atoms with van der Waals surface area (Å²) in [5.41, 5.74) is 4.28. The molecule has 0 spiro atoms. The van der Waals surface area contributed by atoms with Crippen LogP contribution in [0.5, 0.6) is 0 Å². The Morgan fingerprint density at radius 2 is 2.08 bits per heavy atom. The Balaban J connectivity index is 1.71. The topological polar surface area (TPSA) is 71.1 Å². The second-order valence-electron chi connectivity index (χ2n) is 5.89. The number of nitrogens with one attached hydrogen (secondary N) is 1. The summed E-state index contributed by atoms with van der Waals surface area (Å²) in [4.78, 5) is 26.4. The van der Waals surface area contributed by atoms with Crippen molar-refractivity contribution in [3.63, 3.8) is 0 Å². The van der Waals surface area contributed by atoms with Crippen LogP contribution in [-0.2, 0) is 4.74 Å². The number of hydrogen-bond donors (Lipinski definition) is 1.